The summed E-state index contributed by atoms with van der Waals surface area (Å²) in [6, 6.07) is 4.34. The van der Waals surface area contributed by atoms with Gasteiger partial charge in [0.05, 0.1) is 15.7 Å². The molecule has 26 heavy (non-hydrogen) atoms. The first kappa shape index (κ1) is 18.2. The van der Waals surface area contributed by atoms with Crippen LogP contribution in [0.3, 0.4) is 0 Å². The Kier molecular flexibility index (Phi) is 4.86. The monoisotopic (exact) mass is 412 g/mol. The molecule has 0 fully saturated rings. The standard InChI is InChI=1S/C15H10Cl2N4O4S/c16-7-3-8(17)9(25-4-11(18)22)1-5(7)12-6-2-10(14(23)24)26-13(6)21-15(19)20-12/h1-3H,4H2,(H2,18,22)(H,23,24)(H2,19,20,21). The third-order valence-corrected chi connectivity index (χ3v) is 4.89. The minimum absolute atomic E-state index is 0.0445. The van der Waals surface area contributed by atoms with E-state index in [-0.39, 0.29) is 33.2 Å². The van der Waals surface area contributed by atoms with Gasteiger partial charge in [-0.05, 0) is 18.2 Å². The van der Waals surface area contributed by atoms with Crippen LogP contribution in [0.5, 0.6) is 5.75 Å². The zero-order valence-corrected chi connectivity index (χ0v) is 15.2. The second-order valence-electron chi connectivity index (χ2n) is 5.08. The van der Waals surface area contributed by atoms with Gasteiger partial charge in [-0.3, -0.25) is 4.79 Å². The molecule has 0 atom stereocenters. The Balaban J connectivity index is 2.20. The Labute approximate surface area is 160 Å². The summed E-state index contributed by atoms with van der Waals surface area (Å²) in [6.07, 6.45) is 0. The minimum atomic E-state index is -1.09. The number of rotatable bonds is 5. The van der Waals surface area contributed by atoms with Gasteiger partial charge in [-0.25, -0.2) is 14.8 Å². The molecule has 11 heteroatoms. The molecule has 0 aliphatic heterocycles. The van der Waals surface area contributed by atoms with E-state index in [1.807, 2.05) is 0 Å². The molecule has 1 aromatic carbocycles. The molecule has 0 radical (unpaired) electrons. The number of primary amides is 1. The van der Waals surface area contributed by atoms with Crippen molar-refractivity contribution in [2.24, 2.45) is 5.73 Å². The van der Waals surface area contributed by atoms with Crippen molar-refractivity contribution >= 4 is 62.6 Å². The maximum atomic E-state index is 11.2. The van der Waals surface area contributed by atoms with Crippen LogP contribution in [0.4, 0.5) is 5.95 Å². The van der Waals surface area contributed by atoms with Crippen LogP contribution in [0.2, 0.25) is 10.0 Å². The average Bonchev–Trinajstić information content (AvgIpc) is 2.97. The van der Waals surface area contributed by atoms with Crippen LogP contribution in [0.15, 0.2) is 18.2 Å². The fourth-order valence-corrected chi connectivity index (χ4v) is 3.62. The first-order valence-electron chi connectivity index (χ1n) is 6.97. The summed E-state index contributed by atoms with van der Waals surface area (Å²) in [6.45, 7) is -0.371. The Morgan fingerprint density at radius 2 is 1.92 bits per heavy atom. The highest BCUT2D eigenvalue weighted by molar-refractivity contribution is 7.20. The Morgan fingerprint density at radius 3 is 2.58 bits per heavy atom. The number of carboxylic acids is 1. The van der Waals surface area contributed by atoms with Crippen molar-refractivity contribution in [2.75, 3.05) is 12.3 Å². The van der Waals surface area contributed by atoms with E-state index in [1.54, 1.807) is 0 Å². The zero-order chi connectivity index (χ0) is 19.0. The summed E-state index contributed by atoms with van der Waals surface area (Å²) in [4.78, 5) is 30.9. The first-order chi connectivity index (χ1) is 12.3. The van der Waals surface area contributed by atoms with Crippen LogP contribution in [0, 0.1) is 0 Å². The summed E-state index contributed by atoms with van der Waals surface area (Å²) in [5, 5.41) is 10.1. The molecule has 0 unspecified atom stereocenters. The molecule has 2 aromatic heterocycles. The van der Waals surface area contributed by atoms with Gasteiger partial charge in [0.1, 0.15) is 15.5 Å². The van der Waals surface area contributed by atoms with Crippen molar-refractivity contribution in [3.63, 3.8) is 0 Å². The summed E-state index contributed by atoms with van der Waals surface area (Å²) in [5.41, 5.74) is 11.5. The topological polar surface area (TPSA) is 141 Å². The van der Waals surface area contributed by atoms with E-state index in [2.05, 4.69) is 9.97 Å². The number of halogens is 2. The smallest absolute Gasteiger partial charge is 0.345 e. The lowest BCUT2D eigenvalue weighted by atomic mass is 10.1. The second kappa shape index (κ2) is 6.94. The number of aromatic carboxylic acids is 1. The van der Waals surface area contributed by atoms with Gasteiger partial charge in [-0.2, -0.15) is 0 Å². The van der Waals surface area contributed by atoms with Gasteiger partial charge < -0.3 is 21.3 Å². The number of hydrogen-bond donors (Lipinski definition) is 3. The minimum Gasteiger partial charge on any atom is -0.482 e. The highest BCUT2D eigenvalue weighted by Gasteiger charge is 2.19. The number of anilines is 1. The number of hydrogen-bond acceptors (Lipinski definition) is 7. The molecule has 3 aromatic rings. The maximum Gasteiger partial charge on any atom is 0.345 e. The highest BCUT2D eigenvalue weighted by atomic mass is 35.5. The van der Waals surface area contributed by atoms with E-state index in [9.17, 15) is 14.7 Å². The lowest BCUT2D eigenvalue weighted by Crippen LogP contribution is -2.20. The highest BCUT2D eigenvalue weighted by Crippen LogP contribution is 2.40. The Hall–Kier alpha value is -2.62. The normalized spacial score (nSPS) is 10.8. The first-order valence-corrected chi connectivity index (χ1v) is 8.54. The molecule has 0 saturated carbocycles. The third kappa shape index (κ3) is 3.50. The van der Waals surface area contributed by atoms with Gasteiger partial charge in [0, 0.05) is 10.9 Å². The number of ether oxygens (including phenoxy) is 1. The van der Waals surface area contributed by atoms with Crippen LogP contribution in [0.1, 0.15) is 9.67 Å². The number of aromatic nitrogens is 2. The molecule has 0 saturated heterocycles. The molecule has 5 N–H and O–H groups in total. The van der Waals surface area contributed by atoms with Crippen LogP contribution < -0.4 is 16.2 Å². The largest absolute Gasteiger partial charge is 0.482 e. The van der Waals surface area contributed by atoms with E-state index in [4.69, 9.17) is 39.4 Å². The molecule has 134 valence electrons. The van der Waals surface area contributed by atoms with E-state index >= 15 is 0 Å². The molecule has 3 rings (SSSR count). The van der Waals surface area contributed by atoms with E-state index in [0.717, 1.165) is 11.3 Å². The number of nitrogen functional groups attached to an aromatic ring is 1. The molecular formula is C15H10Cl2N4O4S. The summed E-state index contributed by atoms with van der Waals surface area (Å²) in [5.74, 6) is -1.64. The molecule has 8 nitrogen and oxygen atoms in total. The van der Waals surface area contributed by atoms with Crippen molar-refractivity contribution in [3.05, 3.63) is 33.1 Å². The summed E-state index contributed by atoms with van der Waals surface area (Å²) >= 11 is 13.3. The predicted octanol–water partition coefficient (Wildman–Crippen LogP) is 2.81. The molecule has 0 spiro atoms. The molecule has 2 heterocycles. The SMILES string of the molecule is NC(=O)COc1cc(-c2nc(N)nc3sc(C(=O)O)cc23)c(Cl)cc1Cl. The van der Waals surface area contributed by atoms with Gasteiger partial charge in [-0.15, -0.1) is 11.3 Å². The van der Waals surface area contributed by atoms with E-state index in [0.29, 0.717) is 21.5 Å². The van der Waals surface area contributed by atoms with E-state index < -0.39 is 11.9 Å². The number of nitrogens with two attached hydrogens (primary N) is 2. The lowest BCUT2D eigenvalue weighted by molar-refractivity contribution is -0.119. The summed E-state index contributed by atoms with van der Waals surface area (Å²) in [7, 11) is 0. The van der Waals surface area contributed by atoms with Crippen LogP contribution in [0.25, 0.3) is 21.5 Å². The number of thiophene rings is 1. The molecule has 0 bridgehead atoms. The van der Waals surface area contributed by atoms with Gasteiger partial charge in [0.25, 0.3) is 5.91 Å². The van der Waals surface area contributed by atoms with Gasteiger partial charge in [0.2, 0.25) is 5.95 Å². The number of carboxylic acid groups (broad SMARTS) is 1. The number of fused-ring (bicyclic) bond motifs is 1. The molecular weight excluding hydrogens is 403 g/mol. The third-order valence-electron chi connectivity index (χ3n) is 3.27. The molecule has 1 amide bonds. The summed E-state index contributed by atoms with van der Waals surface area (Å²) < 4.78 is 5.27. The average molecular weight is 413 g/mol. The van der Waals surface area contributed by atoms with Crippen molar-refractivity contribution in [3.8, 4) is 17.0 Å². The Bertz CT molecular complexity index is 1050. The van der Waals surface area contributed by atoms with Crippen molar-refractivity contribution in [1.29, 1.82) is 0 Å². The lowest BCUT2D eigenvalue weighted by Gasteiger charge is -2.11. The molecule has 0 aliphatic carbocycles. The fourth-order valence-electron chi connectivity index (χ4n) is 2.22. The van der Waals surface area contributed by atoms with Gasteiger partial charge in [-0.1, -0.05) is 23.2 Å². The van der Waals surface area contributed by atoms with E-state index in [1.165, 1.54) is 18.2 Å². The van der Waals surface area contributed by atoms with Crippen molar-refractivity contribution in [1.82, 2.24) is 9.97 Å². The second-order valence-corrected chi connectivity index (χ2v) is 6.93. The van der Waals surface area contributed by atoms with Gasteiger partial charge >= 0.3 is 5.97 Å². The van der Waals surface area contributed by atoms with Crippen LogP contribution in [-0.2, 0) is 4.79 Å². The van der Waals surface area contributed by atoms with Crippen molar-refractivity contribution in [2.45, 2.75) is 0 Å². The van der Waals surface area contributed by atoms with Crippen LogP contribution >= 0.6 is 34.5 Å². The quantitative estimate of drug-likeness (QED) is 0.584. The number of nitrogens with zero attached hydrogens (tertiary/aromatic N) is 2. The van der Waals surface area contributed by atoms with Crippen molar-refractivity contribution < 1.29 is 19.4 Å². The van der Waals surface area contributed by atoms with Crippen LogP contribution in [-0.4, -0.2) is 33.6 Å². The number of carbonyl (C=O) groups is 2. The Morgan fingerprint density at radius 1 is 1.19 bits per heavy atom. The number of benzene rings is 1. The fraction of sp³-hybridized carbons (Fsp3) is 0.0667. The zero-order valence-electron chi connectivity index (χ0n) is 12.8. The maximum absolute atomic E-state index is 11.2. The van der Waals surface area contributed by atoms with Gasteiger partial charge in [0.15, 0.2) is 6.61 Å². The number of amides is 1. The predicted molar refractivity (Wildman–Crippen MR) is 98.9 cm³/mol. The molecule has 0 aliphatic rings. The number of carbonyl (C=O) groups excluding carboxylic acids is 1.